The van der Waals surface area contributed by atoms with Crippen LogP contribution in [0.1, 0.15) is 63.8 Å². The minimum absolute atomic E-state index is 0.118. The Morgan fingerprint density at radius 3 is 1.11 bits per heavy atom. The molecule has 0 unspecified atom stereocenters. The van der Waals surface area contributed by atoms with Crippen molar-refractivity contribution in [1.29, 1.82) is 0 Å². The summed E-state index contributed by atoms with van der Waals surface area (Å²) in [6, 6.07) is 19.1. The maximum atomic E-state index is 11.6. The summed E-state index contributed by atoms with van der Waals surface area (Å²) in [5.41, 5.74) is 3.30. The Bertz CT molecular complexity index is 1470. The molecule has 0 aliphatic carbocycles. The molecule has 0 bridgehead atoms. The summed E-state index contributed by atoms with van der Waals surface area (Å²) in [5, 5.41) is 0. The van der Waals surface area contributed by atoms with Gasteiger partial charge in [0.1, 0.15) is 0 Å². The highest BCUT2D eigenvalue weighted by Crippen LogP contribution is 2.23. The molecule has 200 valence electrons. The quantitative estimate of drug-likeness (QED) is 0.430. The molecule has 38 heavy (non-hydrogen) atoms. The Hall–Kier alpha value is -4.20. The third-order valence-electron chi connectivity index (χ3n) is 6.14. The van der Waals surface area contributed by atoms with E-state index in [1.165, 1.54) is 44.8 Å². The molecule has 8 heteroatoms. The van der Waals surface area contributed by atoms with Crippen LogP contribution in [-0.2, 0) is 23.9 Å². The van der Waals surface area contributed by atoms with Crippen LogP contribution >= 0.6 is 0 Å². The molecule has 4 aromatic rings. The van der Waals surface area contributed by atoms with Gasteiger partial charge in [0, 0.05) is 24.5 Å². The molecule has 0 atom stereocenters. The number of hydrogen-bond acceptors (Lipinski definition) is 4. The lowest BCUT2D eigenvalue weighted by molar-refractivity contribution is 0.589. The topological polar surface area (TPSA) is 110 Å². The van der Waals surface area contributed by atoms with Gasteiger partial charge in [-0.05, 0) is 33.1 Å². The standard InChI is InChI=1S/2C15H18N2O2/c2*1-15(2,3)12-6-4-11(5-7-12)10-17-9-8-13(18)16-14(17)19/h2*4-9H,10H2,1-3H3,(H,16,18,19). The average molecular weight is 517 g/mol. The smallest absolute Gasteiger partial charge is 0.296 e. The zero-order chi connectivity index (χ0) is 28.1. The monoisotopic (exact) mass is 516 g/mol. The van der Waals surface area contributed by atoms with E-state index in [0.29, 0.717) is 13.1 Å². The highest BCUT2D eigenvalue weighted by molar-refractivity contribution is 5.28. The van der Waals surface area contributed by atoms with Crippen molar-refractivity contribution in [2.45, 2.75) is 65.5 Å². The Balaban J connectivity index is 0.000000211. The van der Waals surface area contributed by atoms with Crippen molar-refractivity contribution in [1.82, 2.24) is 19.1 Å². The van der Waals surface area contributed by atoms with Gasteiger partial charge in [-0.3, -0.25) is 28.7 Å². The number of rotatable bonds is 4. The summed E-state index contributed by atoms with van der Waals surface area (Å²) < 4.78 is 2.96. The molecule has 4 rings (SSSR count). The Labute approximate surface area is 221 Å². The van der Waals surface area contributed by atoms with Crippen LogP contribution in [0.4, 0.5) is 0 Å². The van der Waals surface area contributed by atoms with E-state index in [1.807, 2.05) is 24.3 Å². The minimum Gasteiger partial charge on any atom is -0.296 e. The van der Waals surface area contributed by atoms with Crippen molar-refractivity contribution in [3.8, 4) is 0 Å². The van der Waals surface area contributed by atoms with Crippen LogP contribution in [0.2, 0.25) is 0 Å². The third kappa shape index (κ3) is 7.90. The van der Waals surface area contributed by atoms with Crippen LogP contribution in [0.15, 0.2) is 92.2 Å². The van der Waals surface area contributed by atoms with Crippen LogP contribution in [0, 0.1) is 0 Å². The molecule has 2 N–H and O–H groups in total. The molecule has 2 heterocycles. The van der Waals surface area contributed by atoms with E-state index in [0.717, 1.165) is 11.1 Å². The van der Waals surface area contributed by atoms with E-state index >= 15 is 0 Å². The zero-order valence-corrected chi connectivity index (χ0v) is 22.9. The molecule has 2 aromatic heterocycles. The van der Waals surface area contributed by atoms with E-state index in [-0.39, 0.29) is 33.3 Å². The van der Waals surface area contributed by atoms with Crippen LogP contribution in [-0.4, -0.2) is 19.1 Å². The Morgan fingerprint density at radius 2 is 0.842 bits per heavy atom. The van der Waals surface area contributed by atoms with Crippen molar-refractivity contribution in [3.05, 3.63) is 137 Å². The minimum atomic E-state index is -0.382. The first-order valence-electron chi connectivity index (χ1n) is 12.5. The van der Waals surface area contributed by atoms with E-state index in [2.05, 4.69) is 75.8 Å². The van der Waals surface area contributed by atoms with Gasteiger partial charge in [-0.15, -0.1) is 0 Å². The van der Waals surface area contributed by atoms with Crippen LogP contribution < -0.4 is 22.5 Å². The summed E-state index contributed by atoms with van der Waals surface area (Å²) in [4.78, 5) is 49.6. The van der Waals surface area contributed by atoms with Crippen LogP contribution in [0.5, 0.6) is 0 Å². The molecular weight excluding hydrogens is 480 g/mol. The van der Waals surface area contributed by atoms with Gasteiger partial charge in [-0.2, -0.15) is 0 Å². The van der Waals surface area contributed by atoms with Crippen molar-refractivity contribution >= 4 is 0 Å². The van der Waals surface area contributed by atoms with E-state index in [1.54, 1.807) is 0 Å². The molecular formula is C30H36N4O4. The molecule has 0 radical (unpaired) electrons. The van der Waals surface area contributed by atoms with Crippen molar-refractivity contribution < 1.29 is 0 Å². The molecule has 2 aromatic carbocycles. The summed E-state index contributed by atoms with van der Waals surface area (Å²) in [6.07, 6.45) is 3.03. The summed E-state index contributed by atoms with van der Waals surface area (Å²) in [5.74, 6) is 0. The first-order valence-corrected chi connectivity index (χ1v) is 12.5. The number of aromatic nitrogens is 4. The molecule has 0 saturated carbocycles. The molecule has 8 nitrogen and oxygen atoms in total. The average Bonchev–Trinajstić information content (AvgIpc) is 2.83. The number of hydrogen-bond donors (Lipinski definition) is 2. The first kappa shape index (κ1) is 28.4. The number of benzene rings is 2. The second-order valence-corrected chi connectivity index (χ2v) is 11.4. The number of H-pyrrole nitrogens is 2. The zero-order valence-electron chi connectivity index (χ0n) is 22.9. The van der Waals surface area contributed by atoms with Gasteiger partial charge >= 0.3 is 11.4 Å². The van der Waals surface area contributed by atoms with E-state index < -0.39 is 0 Å². The van der Waals surface area contributed by atoms with Crippen molar-refractivity contribution in [3.63, 3.8) is 0 Å². The van der Waals surface area contributed by atoms with Crippen LogP contribution in [0.25, 0.3) is 0 Å². The summed E-state index contributed by atoms with van der Waals surface area (Å²) >= 11 is 0. The second kappa shape index (κ2) is 11.5. The summed E-state index contributed by atoms with van der Waals surface area (Å²) in [6.45, 7) is 13.9. The van der Waals surface area contributed by atoms with Gasteiger partial charge < -0.3 is 0 Å². The molecule has 0 amide bonds. The Kier molecular flexibility index (Phi) is 8.56. The SMILES string of the molecule is CC(C)(C)c1ccc(Cn2ccc(=O)[nH]c2=O)cc1.CC(C)(C)c1ccc(Cn2ccc(=O)[nH]c2=O)cc1. The normalized spacial score (nSPS) is 11.5. The fourth-order valence-corrected chi connectivity index (χ4v) is 3.75. The van der Waals surface area contributed by atoms with Gasteiger partial charge in [0.05, 0.1) is 13.1 Å². The molecule has 0 fully saturated rings. The van der Waals surface area contributed by atoms with Crippen LogP contribution in [0.3, 0.4) is 0 Å². The lowest BCUT2D eigenvalue weighted by Crippen LogP contribution is -2.28. The van der Waals surface area contributed by atoms with Gasteiger partial charge in [-0.1, -0.05) is 90.1 Å². The predicted molar refractivity (Wildman–Crippen MR) is 151 cm³/mol. The van der Waals surface area contributed by atoms with E-state index in [9.17, 15) is 19.2 Å². The number of nitrogens with zero attached hydrogens (tertiary/aromatic N) is 2. The predicted octanol–water partition coefficient (Wildman–Crippen LogP) is 3.76. The molecule has 0 aliphatic heterocycles. The number of nitrogens with one attached hydrogen (secondary N) is 2. The van der Waals surface area contributed by atoms with Crippen molar-refractivity contribution in [2.24, 2.45) is 0 Å². The number of aromatic amines is 2. The largest absolute Gasteiger partial charge is 0.328 e. The Morgan fingerprint density at radius 1 is 0.526 bits per heavy atom. The second-order valence-electron chi connectivity index (χ2n) is 11.4. The molecule has 0 spiro atoms. The highest BCUT2D eigenvalue weighted by atomic mass is 16.2. The van der Waals surface area contributed by atoms with Gasteiger partial charge in [0.15, 0.2) is 0 Å². The fraction of sp³-hybridized carbons (Fsp3) is 0.333. The van der Waals surface area contributed by atoms with E-state index in [4.69, 9.17) is 0 Å². The maximum absolute atomic E-state index is 11.6. The lowest BCUT2D eigenvalue weighted by Gasteiger charge is -2.19. The van der Waals surface area contributed by atoms with Crippen molar-refractivity contribution in [2.75, 3.05) is 0 Å². The lowest BCUT2D eigenvalue weighted by atomic mass is 9.87. The first-order chi connectivity index (χ1) is 17.7. The maximum Gasteiger partial charge on any atom is 0.328 e. The summed E-state index contributed by atoms with van der Waals surface area (Å²) in [7, 11) is 0. The van der Waals surface area contributed by atoms with Gasteiger partial charge in [-0.25, -0.2) is 9.59 Å². The molecule has 0 aliphatic rings. The highest BCUT2D eigenvalue weighted by Gasteiger charge is 2.13. The fourth-order valence-electron chi connectivity index (χ4n) is 3.75. The van der Waals surface area contributed by atoms with Gasteiger partial charge in [0.2, 0.25) is 0 Å². The van der Waals surface area contributed by atoms with Gasteiger partial charge in [0.25, 0.3) is 11.1 Å². The molecule has 0 saturated heterocycles. The third-order valence-corrected chi connectivity index (χ3v) is 6.14.